The van der Waals surface area contributed by atoms with Crippen molar-refractivity contribution >= 4 is 23.0 Å². The molecule has 1 aromatic rings. The van der Waals surface area contributed by atoms with Crippen LogP contribution >= 0.6 is 12.2 Å². The molecule has 1 fully saturated rings. The van der Waals surface area contributed by atoms with Gasteiger partial charge < -0.3 is 10.6 Å². The molecule has 86 valence electrons. The Bertz CT molecular complexity index is 413. The van der Waals surface area contributed by atoms with Crippen molar-refractivity contribution in [1.82, 2.24) is 4.98 Å². The Kier molecular flexibility index (Phi) is 3.10. The van der Waals surface area contributed by atoms with Gasteiger partial charge in [-0.3, -0.25) is 0 Å². The van der Waals surface area contributed by atoms with Gasteiger partial charge in [-0.15, -0.1) is 0 Å². The number of hydrogen-bond acceptors (Lipinski definition) is 3. The molecule has 2 rings (SSSR count). The third-order valence-electron chi connectivity index (χ3n) is 3.21. The van der Waals surface area contributed by atoms with Gasteiger partial charge in [-0.1, -0.05) is 12.2 Å². The van der Waals surface area contributed by atoms with E-state index < -0.39 is 0 Å². The molecule has 3 nitrogen and oxygen atoms in total. The second-order valence-electron chi connectivity index (χ2n) is 4.42. The lowest BCUT2D eigenvalue weighted by Gasteiger charge is -2.35. The van der Waals surface area contributed by atoms with Crippen LogP contribution in [-0.4, -0.2) is 23.1 Å². The minimum atomic E-state index is 0.439. The van der Waals surface area contributed by atoms with Gasteiger partial charge in [-0.05, 0) is 38.3 Å². The molecule has 0 atom stereocenters. The van der Waals surface area contributed by atoms with Gasteiger partial charge in [0.25, 0.3) is 0 Å². The lowest BCUT2D eigenvalue weighted by atomic mass is 9.92. The average molecular weight is 235 g/mol. The van der Waals surface area contributed by atoms with Crippen molar-refractivity contribution in [2.45, 2.75) is 32.2 Å². The number of hydrogen-bond donors (Lipinski definition) is 1. The standard InChI is InChI=1S/C12H17N3S/c1-8-6-9(12(13)16)7-11(14-8)15(2)10-4-3-5-10/h6-7,10H,3-5H2,1-2H3,(H2,13,16). The number of nitrogens with zero attached hydrogens (tertiary/aromatic N) is 2. The SMILES string of the molecule is Cc1cc(C(N)=S)cc(N(C)C2CCC2)n1. The zero-order valence-corrected chi connectivity index (χ0v) is 10.5. The normalized spacial score (nSPS) is 15.6. The van der Waals surface area contributed by atoms with Gasteiger partial charge in [0.2, 0.25) is 0 Å². The van der Waals surface area contributed by atoms with Crippen molar-refractivity contribution < 1.29 is 0 Å². The van der Waals surface area contributed by atoms with Crippen molar-refractivity contribution in [2.75, 3.05) is 11.9 Å². The fourth-order valence-corrected chi connectivity index (χ4v) is 2.05. The van der Waals surface area contributed by atoms with E-state index in [1.807, 2.05) is 19.1 Å². The minimum absolute atomic E-state index is 0.439. The van der Waals surface area contributed by atoms with Gasteiger partial charge in [0.15, 0.2) is 0 Å². The van der Waals surface area contributed by atoms with Crippen molar-refractivity contribution in [2.24, 2.45) is 5.73 Å². The van der Waals surface area contributed by atoms with E-state index in [0.717, 1.165) is 17.1 Å². The molecule has 0 unspecified atom stereocenters. The highest BCUT2D eigenvalue weighted by Crippen LogP contribution is 2.27. The number of nitrogens with two attached hydrogens (primary N) is 1. The summed E-state index contributed by atoms with van der Waals surface area (Å²) in [6.45, 7) is 1.97. The van der Waals surface area contributed by atoms with Crippen molar-refractivity contribution in [1.29, 1.82) is 0 Å². The van der Waals surface area contributed by atoms with E-state index in [2.05, 4.69) is 16.9 Å². The van der Waals surface area contributed by atoms with E-state index in [4.69, 9.17) is 18.0 Å². The Balaban J connectivity index is 2.28. The van der Waals surface area contributed by atoms with E-state index in [-0.39, 0.29) is 0 Å². The van der Waals surface area contributed by atoms with E-state index in [9.17, 15) is 0 Å². The third kappa shape index (κ3) is 2.16. The van der Waals surface area contributed by atoms with E-state index in [0.29, 0.717) is 11.0 Å². The van der Waals surface area contributed by atoms with Crippen LogP contribution in [-0.2, 0) is 0 Å². The molecule has 1 aliphatic carbocycles. The average Bonchev–Trinajstić information content (AvgIpc) is 2.13. The summed E-state index contributed by atoms with van der Waals surface area (Å²) in [5.41, 5.74) is 7.53. The van der Waals surface area contributed by atoms with E-state index in [1.54, 1.807) is 0 Å². The Hall–Kier alpha value is -1.16. The highest BCUT2D eigenvalue weighted by atomic mass is 32.1. The summed E-state index contributed by atoms with van der Waals surface area (Å²) in [5, 5.41) is 0. The molecule has 1 aliphatic rings. The molecule has 1 heterocycles. The topological polar surface area (TPSA) is 42.1 Å². The van der Waals surface area contributed by atoms with Gasteiger partial charge in [-0.25, -0.2) is 4.98 Å². The Morgan fingerprint density at radius 2 is 2.19 bits per heavy atom. The van der Waals surface area contributed by atoms with Gasteiger partial charge in [0.1, 0.15) is 10.8 Å². The summed E-state index contributed by atoms with van der Waals surface area (Å²) in [6.07, 6.45) is 3.84. The minimum Gasteiger partial charge on any atom is -0.389 e. The molecule has 0 amide bonds. The summed E-state index contributed by atoms with van der Waals surface area (Å²) in [7, 11) is 2.09. The van der Waals surface area contributed by atoms with Gasteiger partial charge >= 0.3 is 0 Å². The molecule has 0 bridgehead atoms. The highest BCUT2D eigenvalue weighted by molar-refractivity contribution is 7.80. The van der Waals surface area contributed by atoms with Crippen LogP contribution in [0.3, 0.4) is 0 Å². The van der Waals surface area contributed by atoms with Crippen LogP contribution in [0.15, 0.2) is 12.1 Å². The van der Waals surface area contributed by atoms with E-state index >= 15 is 0 Å². The summed E-state index contributed by atoms with van der Waals surface area (Å²) in [4.78, 5) is 7.20. The second-order valence-corrected chi connectivity index (χ2v) is 4.86. The zero-order valence-electron chi connectivity index (χ0n) is 9.73. The predicted molar refractivity (Wildman–Crippen MR) is 70.9 cm³/mol. The number of pyridine rings is 1. The summed E-state index contributed by atoms with van der Waals surface area (Å²) < 4.78 is 0. The van der Waals surface area contributed by atoms with Gasteiger partial charge in [0.05, 0.1) is 0 Å². The van der Waals surface area contributed by atoms with Crippen molar-refractivity contribution in [3.05, 3.63) is 23.4 Å². The molecule has 2 N–H and O–H groups in total. The molecule has 1 aromatic heterocycles. The molecule has 0 aliphatic heterocycles. The fraction of sp³-hybridized carbons (Fsp3) is 0.500. The zero-order chi connectivity index (χ0) is 11.7. The highest BCUT2D eigenvalue weighted by Gasteiger charge is 2.23. The smallest absolute Gasteiger partial charge is 0.129 e. The summed E-state index contributed by atoms with van der Waals surface area (Å²) in [6, 6.07) is 4.54. The van der Waals surface area contributed by atoms with Gasteiger partial charge in [0, 0.05) is 24.3 Å². The molecule has 0 spiro atoms. The fourth-order valence-electron chi connectivity index (χ4n) is 1.94. The first kappa shape index (κ1) is 11.3. The maximum Gasteiger partial charge on any atom is 0.129 e. The molecule has 1 saturated carbocycles. The number of aryl methyl sites for hydroxylation is 1. The predicted octanol–water partition coefficient (Wildman–Crippen LogP) is 2.01. The summed E-state index contributed by atoms with van der Waals surface area (Å²) in [5.74, 6) is 0.979. The number of rotatable bonds is 3. The number of anilines is 1. The monoisotopic (exact) mass is 235 g/mol. The first-order valence-corrected chi connectivity index (χ1v) is 6.00. The molecule has 0 saturated heterocycles. The van der Waals surface area contributed by atoms with Gasteiger partial charge in [-0.2, -0.15) is 0 Å². The molecular formula is C12H17N3S. The first-order chi connectivity index (χ1) is 7.58. The van der Waals surface area contributed by atoms with Crippen molar-refractivity contribution in [3.63, 3.8) is 0 Å². The van der Waals surface area contributed by atoms with Crippen LogP contribution in [0.1, 0.15) is 30.5 Å². The van der Waals surface area contributed by atoms with Crippen LogP contribution < -0.4 is 10.6 Å². The summed E-state index contributed by atoms with van der Waals surface area (Å²) >= 11 is 5.01. The first-order valence-electron chi connectivity index (χ1n) is 5.59. The van der Waals surface area contributed by atoms with Crippen LogP contribution in [0, 0.1) is 6.92 Å². The molecule has 0 radical (unpaired) electrons. The van der Waals surface area contributed by atoms with Crippen LogP contribution in [0.4, 0.5) is 5.82 Å². The largest absolute Gasteiger partial charge is 0.389 e. The van der Waals surface area contributed by atoms with E-state index in [1.165, 1.54) is 19.3 Å². The lowest BCUT2D eigenvalue weighted by Crippen LogP contribution is -2.37. The van der Waals surface area contributed by atoms with Crippen LogP contribution in [0.25, 0.3) is 0 Å². The Morgan fingerprint density at radius 3 is 2.69 bits per heavy atom. The maximum atomic E-state index is 5.66. The Labute approximate surface area is 102 Å². The Morgan fingerprint density at radius 1 is 1.50 bits per heavy atom. The van der Waals surface area contributed by atoms with Crippen LogP contribution in [0.2, 0.25) is 0 Å². The molecular weight excluding hydrogens is 218 g/mol. The molecule has 16 heavy (non-hydrogen) atoms. The molecule has 0 aromatic carbocycles. The quantitative estimate of drug-likeness (QED) is 0.814. The number of thiocarbonyl (C=S) groups is 1. The number of aromatic nitrogens is 1. The lowest BCUT2D eigenvalue weighted by molar-refractivity contribution is 0.399. The van der Waals surface area contributed by atoms with Crippen LogP contribution in [0.5, 0.6) is 0 Å². The maximum absolute atomic E-state index is 5.66. The second kappa shape index (κ2) is 4.37. The third-order valence-corrected chi connectivity index (χ3v) is 3.44. The van der Waals surface area contributed by atoms with Crippen molar-refractivity contribution in [3.8, 4) is 0 Å². The molecule has 4 heteroatoms.